The summed E-state index contributed by atoms with van der Waals surface area (Å²) in [4.78, 5) is 37.6. The van der Waals surface area contributed by atoms with Crippen LogP contribution in [0.15, 0.2) is 24.3 Å². The van der Waals surface area contributed by atoms with Crippen LogP contribution >= 0.6 is 0 Å². The Kier molecular flexibility index (Phi) is 5.75. The lowest BCUT2D eigenvalue weighted by Gasteiger charge is -2.31. The highest BCUT2D eigenvalue weighted by atomic mass is 16.4. The van der Waals surface area contributed by atoms with Crippen LogP contribution in [-0.4, -0.2) is 46.5 Å². The second-order valence-corrected chi connectivity index (χ2v) is 7.00. The fraction of sp³-hybridized carbons (Fsp3) is 0.526. The molecule has 7 nitrogen and oxygen atoms in total. The number of carbonyl (C=O) groups is 3. The molecular weight excluding hydrogens is 334 g/mol. The second kappa shape index (κ2) is 8.21. The van der Waals surface area contributed by atoms with Crippen molar-refractivity contribution in [1.29, 1.82) is 0 Å². The molecule has 0 aromatic heterocycles. The Morgan fingerprint density at radius 1 is 1.15 bits per heavy atom. The molecular formula is C19H25N3O4. The molecule has 1 atom stereocenters. The summed E-state index contributed by atoms with van der Waals surface area (Å²) in [6, 6.07) is 5.86. The number of carbonyl (C=O) groups excluding carboxylic acids is 2. The Bertz CT molecular complexity index is 685. The van der Waals surface area contributed by atoms with E-state index in [0.717, 1.165) is 12.8 Å². The number of nitrogens with one attached hydrogen (secondary N) is 2. The van der Waals surface area contributed by atoms with Crippen molar-refractivity contribution in [3.8, 4) is 0 Å². The van der Waals surface area contributed by atoms with E-state index in [1.54, 1.807) is 12.1 Å². The summed E-state index contributed by atoms with van der Waals surface area (Å²) in [5.41, 5.74) is 0.875. The summed E-state index contributed by atoms with van der Waals surface area (Å²) < 4.78 is 0. The van der Waals surface area contributed by atoms with E-state index in [2.05, 4.69) is 10.6 Å². The third kappa shape index (κ3) is 4.33. The van der Waals surface area contributed by atoms with Crippen LogP contribution < -0.4 is 10.6 Å². The van der Waals surface area contributed by atoms with E-state index in [4.69, 9.17) is 5.11 Å². The molecule has 1 saturated carbocycles. The van der Waals surface area contributed by atoms with Crippen LogP contribution in [-0.2, 0) is 11.3 Å². The topological polar surface area (TPSA) is 98.7 Å². The van der Waals surface area contributed by atoms with Crippen LogP contribution in [0.1, 0.15) is 54.4 Å². The Labute approximate surface area is 152 Å². The molecule has 2 fully saturated rings. The molecule has 1 heterocycles. The first-order valence-electron chi connectivity index (χ1n) is 9.21. The molecule has 3 N–H and O–H groups in total. The molecule has 1 unspecified atom stereocenters. The zero-order valence-electron chi connectivity index (χ0n) is 14.7. The van der Waals surface area contributed by atoms with Gasteiger partial charge < -0.3 is 20.6 Å². The van der Waals surface area contributed by atoms with Crippen molar-refractivity contribution in [2.75, 3.05) is 6.54 Å². The number of hydrogen-bond acceptors (Lipinski definition) is 3. The molecule has 1 saturated heterocycles. The number of likely N-dealkylation sites (tertiary alicyclic amines) is 1. The molecule has 2 aliphatic rings. The van der Waals surface area contributed by atoms with Gasteiger partial charge in [0.2, 0.25) is 5.91 Å². The minimum Gasteiger partial charge on any atom is -0.478 e. The van der Waals surface area contributed by atoms with Gasteiger partial charge in [0.15, 0.2) is 0 Å². The molecule has 0 bridgehead atoms. The quantitative estimate of drug-likeness (QED) is 0.750. The average Bonchev–Trinajstić information content (AvgIpc) is 3.01. The fourth-order valence-corrected chi connectivity index (χ4v) is 3.80. The van der Waals surface area contributed by atoms with Crippen molar-refractivity contribution in [3.05, 3.63) is 35.4 Å². The molecule has 26 heavy (non-hydrogen) atoms. The van der Waals surface area contributed by atoms with Crippen molar-refractivity contribution in [2.24, 2.45) is 0 Å². The predicted octanol–water partition coefficient (Wildman–Crippen LogP) is 2.12. The number of urea groups is 1. The maximum atomic E-state index is 12.6. The largest absolute Gasteiger partial charge is 0.478 e. The number of nitrogens with zero attached hydrogens (tertiary/aromatic N) is 1. The Morgan fingerprint density at radius 2 is 1.92 bits per heavy atom. The van der Waals surface area contributed by atoms with E-state index in [9.17, 15) is 14.4 Å². The third-order valence-corrected chi connectivity index (χ3v) is 5.19. The lowest BCUT2D eigenvalue weighted by atomic mass is 9.94. The van der Waals surface area contributed by atoms with E-state index in [0.29, 0.717) is 24.6 Å². The van der Waals surface area contributed by atoms with E-state index in [-0.39, 0.29) is 18.0 Å². The maximum absolute atomic E-state index is 12.6. The lowest BCUT2D eigenvalue weighted by Crippen LogP contribution is -2.47. The van der Waals surface area contributed by atoms with Crippen LogP contribution in [0.5, 0.6) is 0 Å². The summed E-state index contributed by atoms with van der Waals surface area (Å²) in [7, 11) is 0. The normalized spacial score (nSPS) is 20.8. The predicted molar refractivity (Wildman–Crippen MR) is 95.8 cm³/mol. The minimum atomic E-state index is -1.00. The zero-order chi connectivity index (χ0) is 18.5. The first-order valence-corrected chi connectivity index (χ1v) is 9.21. The third-order valence-electron chi connectivity index (χ3n) is 5.19. The molecule has 1 aliphatic heterocycles. The zero-order valence-corrected chi connectivity index (χ0v) is 14.7. The number of hydrogen-bond donors (Lipinski definition) is 3. The molecule has 7 heteroatoms. The van der Waals surface area contributed by atoms with Crippen LogP contribution in [0.3, 0.4) is 0 Å². The van der Waals surface area contributed by atoms with Crippen molar-refractivity contribution < 1.29 is 19.5 Å². The summed E-state index contributed by atoms with van der Waals surface area (Å²) in [5.74, 6) is -0.990. The Morgan fingerprint density at radius 3 is 2.65 bits per heavy atom. The number of benzene rings is 1. The second-order valence-electron chi connectivity index (χ2n) is 7.00. The van der Waals surface area contributed by atoms with Gasteiger partial charge in [0.1, 0.15) is 6.04 Å². The van der Waals surface area contributed by atoms with Gasteiger partial charge in [-0.2, -0.15) is 0 Å². The van der Waals surface area contributed by atoms with Crippen molar-refractivity contribution in [3.63, 3.8) is 0 Å². The van der Waals surface area contributed by atoms with Crippen molar-refractivity contribution >= 4 is 17.9 Å². The van der Waals surface area contributed by atoms with Crippen LogP contribution in [0.4, 0.5) is 4.79 Å². The highest BCUT2D eigenvalue weighted by molar-refractivity contribution is 5.89. The fourth-order valence-electron chi connectivity index (χ4n) is 3.80. The maximum Gasteiger partial charge on any atom is 0.335 e. The van der Waals surface area contributed by atoms with Gasteiger partial charge in [-0.3, -0.25) is 4.79 Å². The van der Waals surface area contributed by atoms with Gasteiger partial charge in [0.05, 0.1) is 5.56 Å². The number of amides is 3. The SMILES string of the molecule is O=C(NCc1cccc(C(=O)O)c1)NC1CCN(C2CCCCC2)C1=O. The van der Waals surface area contributed by atoms with E-state index in [1.807, 2.05) is 4.90 Å². The summed E-state index contributed by atoms with van der Waals surface area (Å²) in [6.45, 7) is 0.912. The molecule has 1 aliphatic carbocycles. The molecule has 3 amide bonds. The standard InChI is InChI=1S/C19H25N3O4/c23-17-16(9-10-22(17)15-7-2-1-3-8-15)21-19(26)20-12-13-5-4-6-14(11-13)18(24)25/h4-6,11,15-16H,1-3,7-10,12H2,(H,24,25)(H2,20,21,26). The minimum absolute atomic E-state index is 0.0138. The van der Waals surface area contributed by atoms with Crippen LogP contribution in [0.25, 0.3) is 0 Å². The van der Waals surface area contributed by atoms with Gasteiger partial charge in [-0.1, -0.05) is 31.4 Å². The smallest absolute Gasteiger partial charge is 0.335 e. The van der Waals surface area contributed by atoms with Gasteiger partial charge in [0, 0.05) is 19.1 Å². The Balaban J connectivity index is 1.48. The molecule has 3 rings (SSSR count). The van der Waals surface area contributed by atoms with Gasteiger partial charge in [0.25, 0.3) is 0 Å². The monoisotopic (exact) mass is 359 g/mol. The van der Waals surface area contributed by atoms with Crippen molar-refractivity contribution in [2.45, 2.75) is 57.2 Å². The summed E-state index contributed by atoms with van der Waals surface area (Å²) >= 11 is 0. The molecule has 1 aromatic rings. The van der Waals surface area contributed by atoms with Crippen LogP contribution in [0, 0.1) is 0 Å². The Hall–Kier alpha value is -2.57. The van der Waals surface area contributed by atoms with Crippen LogP contribution in [0.2, 0.25) is 0 Å². The average molecular weight is 359 g/mol. The van der Waals surface area contributed by atoms with E-state index in [1.165, 1.54) is 31.4 Å². The van der Waals surface area contributed by atoms with Gasteiger partial charge in [-0.05, 0) is 37.0 Å². The highest BCUT2D eigenvalue weighted by Crippen LogP contribution is 2.26. The molecule has 0 spiro atoms. The molecule has 1 aromatic carbocycles. The lowest BCUT2D eigenvalue weighted by molar-refractivity contribution is -0.131. The van der Waals surface area contributed by atoms with Gasteiger partial charge >= 0.3 is 12.0 Å². The number of carboxylic acids is 1. The first kappa shape index (κ1) is 18.2. The summed E-state index contributed by atoms with van der Waals surface area (Å²) in [6.07, 6.45) is 6.34. The van der Waals surface area contributed by atoms with E-state index >= 15 is 0 Å². The molecule has 0 radical (unpaired) electrons. The summed E-state index contributed by atoms with van der Waals surface area (Å²) in [5, 5.41) is 14.4. The number of carboxylic acid groups (broad SMARTS) is 1. The number of rotatable bonds is 5. The number of aromatic carboxylic acids is 1. The molecule has 140 valence electrons. The first-order chi connectivity index (χ1) is 12.5. The van der Waals surface area contributed by atoms with E-state index < -0.39 is 18.0 Å². The van der Waals surface area contributed by atoms with Gasteiger partial charge in [-0.25, -0.2) is 9.59 Å². The highest BCUT2D eigenvalue weighted by Gasteiger charge is 2.36. The van der Waals surface area contributed by atoms with Gasteiger partial charge in [-0.15, -0.1) is 0 Å². The van der Waals surface area contributed by atoms with Crippen molar-refractivity contribution in [1.82, 2.24) is 15.5 Å².